The number of hydrogen-bond acceptors (Lipinski definition) is 5. The number of fused-ring (bicyclic) bond motifs is 1. The number of likely N-dealkylation sites (tertiary alicyclic amines) is 1. The second-order valence-corrected chi connectivity index (χ2v) is 8.05. The average molecular weight is 397 g/mol. The van der Waals surface area contributed by atoms with Crippen LogP contribution in [0.3, 0.4) is 0 Å². The van der Waals surface area contributed by atoms with Crippen molar-refractivity contribution in [1.82, 2.24) is 4.90 Å². The first kappa shape index (κ1) is 18.8. The average Bonchev–Trinajstić information content (AvgIpc) is 3.35. The second kappa shape index (κ2) is 7.81. The maximum absolute atomic E-state index is 11.9. The van der Waals surface area contributed by atoms with E-state index >= 15 is 0 Å². The SMILES string of the molecule is COc1ccc(C(c2cc3ccccc3s2)N2CCCC2C(=O)O)cc1OC. The lowest BCUT2D eigenvalue weighted by molar-refractivity contribution is -0.142. The molecule has 1 aliphatic heterocycles. The summed E-state index contributed by atoms with van der Waals surface area (Å²) in [5.74, 6) is 0.554. The molecule has 28 heavy (non-hydrogen) atoms. The Morgan fingerprint density at radius 1 is 1.14 bits per heavy atom. The molecule has 5 nitrogen and oxygen atoms in total. The largest absolute Gasteiger partial charge is 0.493 e. The van der Waals surface area contributed by atoms with Crippen molar-refractivity contribution in [2.45, 2.75) is 24.9 Å². The number of methoxy groups -OCH3 is 2. The molecule has 0 amide bonds. The molecule has 2 unspecified atom stereocenters. The van der Waals surface area contributed by atoms with E-state index in [-0.39, 0.29) is 6.04 Å². The van der Waals surface area contributed by atoms with Crippen molar-refractivity contribution in [3.63, 3.8) is 0 Å². The molecule has 0 bridgehead atoms. The third-order valence-electron chi connectivity index (χ3n) is 5.35. The molecule has 2 heterocycles. The molecule has 1 N–H and O–H groups in total. The zero-order chi connectivity index (χ0) is 19.7. The lowest BCUT2D eigenvalue weighted by Gasteiger charge is -2.31. The van der Waals surface area contributed by atoms with Crippen molar-refractivity contribution < 1.29 is 19.4 Å². The molecule has 2 aromatic carbocycles. The van der Waals surface area contributed by atoms with Gasteiger partial charge in [-0.2, -0.15) is 0 Å². The number of rotatable bonds is 6. The van der Waals surface area contributed by atoms with Gasteiger partial charge >= 0.3 is 5.97 Å². The normalized spacial score (nSPS) is 18.3. The highest BCUT2D eigenvalue weighted by molar-refractivity contribution is 7.19. The summed E-state index contributed by atoms with van der Waals surface area (Å²) in [6.07, 6.45) is 1.55. The first-order valence-corrected chi connectivity index (χ1v) is 10.1. The molecular formula is C22H23NO4S. The van der Waals surface area contributed by atoms with Gasteiger partial charge in [-0.05, 0) is 48.1 Å². The van der Waals surface area contributed by atoms with Crippen LogP contribution in [-0.2, 0) is 4.79 Å². The number of thiophene rings is 1. The van der Waals surface area contributed by atoms with E-state index in [4.69, 9.17) is 9.47 Å². The fourth-order valence-corrected chi connectivity index (χ4v) is 5.26. The number of carboxylic acid groups (broad SMARTS) is 1. The summed E-state index contributed by atoms with van der Waals surface area (Å²) in [6.45, 7) is 0.754. The van der Waals surface area contributed by atoms with Crippen LogP contribution in [0.1, 0.15) is 29.3 Å². The number of carboxylic acids is 1. The maximum Gasteiger partial charge on any atom is 0.320 e. The smallest absolute Gasteiger partial charge is 0.320 e. The molecule has 1 fully saturated rings. The van der Waals surface area contributed by atoms with Crippen LogP contribution in [0.4, 0.5) is 0 Å². The van der Waals surface area contributed by atoms with Gasteiger partial charge in [-0.1, -0.05) is 24.3 Å². The highest BCUT2D eigenvalue weighted by Gasteiger charge is 2.37. The van der Waals surface area contributed by atoms with E-state index in [1.807, 2.05) is 30.3 Å². The fourth-order valence-electron chi connectivity index (χ4n) is 4.04. The van der Waals surface area contributed by atoms with Crippen LogP contribution in [0.5, 0.6) is 11.5 Å². The van der Waals surface area contributed by atoms with E-state index in [2.05, 4.69) is 23.1 Å². The van der Waals surface area contributed by atoms with Gasteiger partial charge in [0.2, 0.25) is 0 Å². The molecule has 1 saturated heterocycles. The van der Waals surface area contributed by atoms with Gasteiger partial charge in [0.25, 0.3) is 0 Å². The summed E-state index contributed by atoms with van der Waals surface area (Å²) in [6, 6.07) is 15.7. The van der Waals surface area contributed by atoms with E-state index < -0.39 is 12.0 Å². The Hall–Kier alpha value is -2.57. The molecule has 6 heteroatoms. The summed E-state index contributed by atoms with van der Waals surface area (Å²) in [7, 11) is 3.23. The maximum atomic E-state index is 11.9. The molecule has 2 atom stereocenters. The Kier molecular flexibility index (Phi) is 5.24. The number of hydrogen-bond donors (Lipinski definition) is 1. The van der Waals surface area contributed by atoms with Gasteiger partial charge in [0.05, 0.1) is 20.3 Å². The standard InChI is InChI=1S/C22H23NO4S/c1-26-17-10-9-15(12-18(17)27-2)21(23-11-5-7-16(23)22(24)25)20-13-14-6-3-4-8-19(14)28-20/h3-4,6,8-10,12-13,16,21H,5,7,11H2,1-2H3,(H,24,25). The number of ether oxygens (including phenoxy) is 2. The van der Waals surface area contributed by atoms with Crippen molar-refractivity contribution in [3.05, 3.63) is 59.0 Å². The Morgan fingerprint density at radius 2 is 1.93 bits per heavy atom. The lowest BCUT2D eigenvalue weighted by Crippen LogP contribution is -2.39. The fraction of sp³-hybridized carbons (Fsp3) is 0.318. The van der Waals surface area contributed by atoms with E-state index in [0.717, 1.165) is 23.4 Å². The number of aliphatic carboxylic acids is 1. The van der Waals surface area contributed by atoms with E-state index in [0.29, 0.717) is 17.9 Å². The van der Waals surface area contributed by atoms with Crippen LogP contribution in [0.15, 0.2) is 48.5 Å². The number of carbonyl (C=O) groups is 1. The number of benzene rings is 2. The van der Waals surface area contributed by atoms with E-state index in [9.17, 15) is 9.90 Å². The van der Waals surface area contributed by atoms with Crippen molar-refractivity contribution in [1.29, 1.82) is 0 Å². The van der Waals surface area contributed by atoms with Gasteiger partial charge in [0.1, 0.15) is 6.04 Å². The monoisotopic (exact) mass is 397 g/mol. The highest BCUT2D eigenvalue weighted by Crippen LogP contribution is 2.42. The van der Waals surface area contributed by atoms with Crippen LogP contribution in [0.2, 0.25) is 0 Å². The summed E-state index contributed by atoms with van der Waals surface area (Å²) in [5, 5.41) is 10.9. The van der Waals surface area contributed by atoms with Crippen LogP contribution >= 0.6 is 11.3 Å². The molecule has 0 saturated carbocycles. The highest BCUT2D eigenvalue weighted by atomic mass is 32.1. The lowest BCUT2D eigenvalue weighted by atomic mass is 10.0. The first-order chi connectivity index (χ1) is 13.6. The summed E-state index contributed by atoms with van der Waals surface area (Å²) in [5.41, 5.74) is 1.01. The molecule has 146 valence electrons. The van der Waals surface area contributed by atoms with Gasteiger partial charge in [0, 0.05) is 16.1 Å². The quantitative estimate of drug-likeness (QED) is 0.661. The predicted octanol–water partition coefficient (Wildman–Crippen LogP) is 4.56. The Morgan fingerprint density at radius 3 is 2.64 bits per heavy atom. The Labute approximate surface area is 168 Å². The van der Waals surface area contributed by atoms with E-state index in [1.165, 1.54) is 10.1 Å². The molecule has 0 aliphatic carbocycles. The van der Waals surface area contributed by atoms with Crippen LogP contribution in [-0.4, -0.2) is 42.8 Å². The molecule has 3 aromatic rings. The van der Waals surface area contributed by atoms with Crippen LogP contribution in [0, 0.1) is 0 Å². The molecule has 0 spiro atoms. The minimum atomic E-state index is -0.760. The topological polar surface area (TPSA) is 59.0 Å². The van der Waals surface area contributed by atoms with Crippen molar-refractivity contribution >= 4 is 27.4 Å². The third-order valence-corrected chi connectivity index (χ3v) is 6.52. The molecular weight excluding hydrogens is 374 g/mol. The molecule has 1 aliphatic rings. The van der Waals surface area contributed by atoms with Gasteiger partial charge in [-0.15, -0.1) is 11.3 Å². The van der Waals surface area contributed by atoms with Crippen molar-refractivity contribution in [2.24, 2.45) is 0 Å². The Bertz CT molecular complexity index is 966. The zero-order valence-corrected chi connectivity index (χ0v) is 16.7. The zero-order valence-electron chi connectivity index (χ0n) is 15.9. The summed E-state index contributed by atoms with van der Waals surface area (Å²) >= 11 is 1.72. The van der Waals surface area contributed by atoms with Crippen LogP contribution < -0.4 is 9.47 Å². The minimum absolute atomic E-state index is 0.138. The van der Waals surface area contributed by atoms with Crippen molar-refractivity contribution in [2.75, 3.05) is 20.8 Å². The Balaban J connectivity index is 1.85. The molecule has 0 radical (unpaired) electrons. The first-order valence-electron chi connectivity index (χ1n) is 9.31. The van der Waals surface area contributed by atoms with Gasteiger partial charge in [-0.3, -0.25) is 9.69 Å². The van der Waals surface area contributed by atoms with Gasteiger partial charge < -0.3 is 14.6 Å². The third kappa shape index (κ3) is 3.34. The van der Waals surface area contributed by atoms with Crippen molar-refractivity contribution in [3.8, 4) is 11.5 Å². The summed E-state index contributed by atoms with van der Waals surface area (Å²) < 4.78 is 12.1. The summed E-state index contributed by atoms with van der Waals surface area (Å²) in [4.78, 5) is 15.1. The number of nitrogens with zero attached hydrogens (tertiary/aromatic N) is 1. The van der Waals surface area contributed by atoms with Gasteiger partial charge in [-0.25, -0.2) is 0 Å². The van der Waals surface area contributed by atoms with Gasteiger partial charge in [0.15, 0.2) is 11.5 Å². The molecule has 4 rings (SSSR count). The second-order valence-electron chi connectivity index (χ2n) is 6.94. The van der Waals surface area contributed by atoms with E-state index in [1.54, 1.807) is 25.6 Å². The predicted molar refractivity (Wildman–Crippen MR) is 111 cm³/mol. The molecule has 1 aromatic heterocycles. The minimum Gasteiger partial charge on any atom is -0.493 e. The van der Waals surface area contributed by atoms with Crippen LogP contribution in [0.25, 0.3) is 10.1 Å².